The van der Waals surface area contributed by atoms with E-state index in [4.69, 9.17) is 0 Å². The highest BCUT2D eigenvalue weighted by Crippen LogP contribution is 2.30. The minimum atomic E-state index is 0.961. The third kappa shape index (κ3) is 3.70. The molecule has 78 valence electrons. The molecule has 3 atom stereocenters. The van der Waals surface area contributed by atoms with Gasteiger partial charge in [-0.15, -0.1) is 0 Å². The van der Waals surface area contributed by atoms with Gasteiger partial charge >= 0.3 is 0 Å². The van der Waals surface area contributed by atoms with Crippen molar-refractivity contribution in [2.24, 2.45) is 17.8 Å². The Labute approximate surface area is 84.1 Å². The maximum absolute atomic E-state index is 2.46. The molecule has 1 saturated carbocycles. The molecule has 0 N–H and O–H groups in total. The van der Waals surface area contributed by atoms with Gasteiger partial charge in [-0.05, 0) is 24.2 Å². The first kappa shape index (κ1) is 11.1. The van der Waals surface area contributed by atoms with E-state index >= 15 is 0 Å². The Balaban J connectivity index is 2.44. The second-order valence-electron chi connectivity index (χ2n) is 5.10. The lowest BCUT2D eigenvalue weighted by atomic mass is 9.83. The zero-order valence-electron chi connectivity index (χ0n) is 9.68. The molecule has 0 aliphatic heterocycles. The highest BCUT2D eigenvalue weighted by Gasteiger charge is 2.18. The van der Waals surface area contributed by atoms with Gasteiger partial charge in [0.15, 0.2) is 0 Å². The predicted molar refractivity (Wildman–Crippen MR) is 59.8 cm³/mol. The number of hydrogen-bond acceptors (Lipinski definition) is 0. The molecule has 0 heteroatoms. The first-order valence-corrected chi connectivity index (χ1v) is 6.24. The number of hydrogen-bond donors (Lipinski definition) is 0. The van der Waals surface area contributed by atoms with E-state index in [1.165, 1.54) is 44.9 Å². The van der Waals surface area contributed by atoms with Crippen molar-refractivity contribution in [3.8, 4) is 0 Å². The minimum Gasteiger partial charge on any atom is -0.0651 e. The minimum absolute atomic E-state index is 0.961. The summed E-state index contributed by atoms with van der Waals surface area (Å²) in [5.41, 5.74) is 0. The van der Waals surface area contributed by atoms with Crippen LogP contribution < -0.4 is 0 Å². The molecule has 0 aromatic heterocycles. The van der Waals surface area contributed by atoms with Crippen LogP contribution in [0.2, 0.25) is 0 Å². The lowest BCUT2D eigenvalue weighted by Gasteiger charge is -2.22. The maximum atomic E-state index is 2.46. The van der Waals surface area contributed by atoms with Crippen LogP contribution in [0.5, 0.6) is 0 Å². The topological polar surface area (TPSA) is 0 Å². The molecule has 3 unspecified atom stereocenters. The summed E-state index contributed by atoms with van der Waals surface area (Å²) in [5.74, 6) is 2.95. The Morgan fingerprint density at radius 1 is 0.923 bits per heavy atom. The van der Waals surface area contributed by atoms with Crippen LogP contribution in [0.4, 0.5) is 0 Å². The SMILES string of the molecule is CCC1CCCCCC(C)C(C)C1. The first-order chi connectivity index (χ1) is 6.24. The second-order valence-corrected chi connectivity index (χ2v) is 5.10. The van der Waals surface area contributed by atoms with Gasteiger partial charge in [0.25, 0.3) is 0 Å². The molecule has 0 radical (unpaired) electrons. The summed E-state index contributed by atoms with van der Waals surface area (Å²) in [4.78, 5) is 0. The number of rotatable bonds is 1. The fourth-order valence-electron chi connectivity index (χ4n) is 2.61. The van der Waals surface area contributed by atoms with Crippen molar-refractivity contribution in [1.29, 1.82) is 0 Å². The van der Waals surface area contributed by atoms with Crippen molar-refractivity contribution in [2.45, 2.75) is 65.7 Å². The highest BCUT2D eigenvalue weighted by atomic mass is 14.2. The van der Waals surface area contributed by atoms with E-state index in [9.17, 15) is 0 Å². The van der Waals surface area contributed by atoms with Crippen molar-refractivity contribution in [3.05, 3.63) is 0 Å². The predicted octanol–water partition coefficient (Wildman–Crippen LogP) is 4.64. The average Bonchev–Trinajstić information content (AvgIpc) is 2.20. The van der Waals surface area contributed by atoms with E-state index in [-0.39, 0.29) is 0 Å². The van der Waals surface area contributed by atoms with Gasteiger partial charge in [0, 0.05) is 0 Å². The summed E-state index contributed by atoms with van der Waals surface area (Å²) < 4.78 is 0. The van der Waals surface area contributed by atoms with Gasteiger partial charge in [-0.3, -0.25) is 0 Å². The van der Waals surface area contributed by atoms with Crippen LogP contribution in [0.25, 0.3) is 0 Å². The van der Waals surface area contributed by atoms with E-state index in [0.717, 1.165) is 17.8 Å². The van der Waals surface area contributed by atoms with E-state index in [2.05, 4.69) is 20.8 Å². The summed E-state index contributed by atoms with van der Waals surface area (Å²) in [7, 11) is 0. The Morgan fingerprint density at radius 3 is 2.31 bits per heavy atom. The van der Waals surface area contributed by atoms with Crippen LogP contribution in [0, 0.1) is 17.8 Å². The average molecular weight is 182 g/mol. The molecule has 0 saturated heterocycles. The third-order valence-electron chi connectivity index (χ3n) is 4.03. The van der Waals surface area contributed by atoms with Crippen molar-refractivity contribution < 1.29 is 0 Å². The van der Waals surface area contributed by atoms with Crippen molar-refractivity contribution >= 4 is 0 Å². The summed E-state index contributed by atoms with van der Waals surface area (Å²) in [6, 6.07) is 0. The van der Waals surface area contributed by atoms with Gasteiger partial charge in [0.05, 0.1) is 0 Å². The quantitative estimate of drug-likeness (QED) is 0.554. The molecule has 0 bridgehead atoms. The second kappa shape index (κ2) is 5.67. The van der Waals surface area contributed by atoms with E-state index in [1.54, 1.807) is 0 Å². The molecule has 0 amide bonds. The van der Waals surface area contributed by atoms with Gasteiger partial charge in [-0.1, -0.05) is 59.3 Å². The Morgan fingerprint density at radius 2 is 1.62 bits per heavy atom. The molecule has 0 spiro atoms. The Bertz CT molecular complexity index is 128. The van der Waals surface area contributed by atoms with Gasteiger partial charge < -0.3 is 0 Å². The van der Waals surface area contributed by atoms with E-state index in [0.29, 0.717) is 0 Å². The highest BCUT2D eigenvalue weighted by molar-refractivity contribution is 4.70. The lowest BCUT2D eigenvalue weighted by Crippen LogP contribution is -2.12. The normalized spacial score (nSPS) is 37.6. The van der Waals surface area contributed by atoms with Gasteiger partial charge in [-0.2, -0.15) is 0 Å². The third-order valence-corrected chi connectivity index (χ3v) is 4.03. The largest absolute Gasteiger partial charge is 0.0651 e. The molecule has 0 nitrogen and oxygen atoms in total. The summed E-state index contributed by atoms with van der Waals surface area (Å²) >= 11 is 0. The molecule has 1 aliphatic carbocycles. The summed E-state index contributed by atoms with van der Waals surface area (Å²) in [6.07, 6.45) is 10.3. The lowest BCUT2D eigenvalue weighted by molar-refractivity contribution is 0.287. The van der Waals surface area contributed by atoms with Gasteiger partial charge in [-0.25, -0.2) is 0 Å². The summed E-state index contributed by atoms with van der Waals surface area (Å²) in [6.45, 7) is 7.27. The van der Waals surface area contributed by atoms with Gasteiger partial charge in [0.1, 0.15) is 0 Å². The molecule has 0 heterocycles. The fraction of sp³-hybridized carbons (Fsp3) is 1.00. The standard InChI is InChI=1S/C13H26/c1-4-13-9-7-5-6-8-11(2)12(3)10-13/h11-13H,4-10H2,1-3H3. The Hall–Kier alpha value is 0. The van der Waals surface area contributed by atoms with Crippen LogP contribution >= 0.6 is 0 Å². The van der Waals surface area contributed by atoms with Gasteiger partial charge in [0.2, 0.25) is 0 Å². The summed E-state index contributed by atoms with van der Waals surface area (Å²) in [5, 5.41) is 0. The first-order valence-electron chi connectivity index (χ1n) is 6.24. The van der Waals surface area contributed by atoms with Crippen LogP contribution in [0.15, 0.2) is 0 Å². The monoisotopic (exact) mass is 182 g/mol. The zero-order chi connectivity index (χ0) is 9.68. The zero-order valence-corrected chi connectivity index (χ0v) is 9.68. The van der Waals surface area contributed by atoms with Crippen molar-refractivity contribution in [3.63, 3.8) is 0 Å². The van der Waals surface area contributed by atoms with Crippen molar-refractivity contribution in [1.82, 2.24) is 0 Å². The molecule has 0 aromatic rings. The van der Waals surface area contributed by atoms with Crippen molar-refractivity contribution in [2.75, 3.05) is 0 Å². The maximum Gasteiger partial charge on any atom is -0.0414 e. The molecule has 13 heavy (non-hydrogen) atoms. The van der Waals surface area contributed by atoms with Crippen LogP contribution in [0.3, 0.4) is 0 Å². The molecular weight excluding hydrogens is 156 g/mol. The van der Waals surface area contributed by atoms with E-state index in [1.807, 2.05) is 0 Å². The molecule has 1 rings (SSSR count). The smallest absolute Gasteiger partial charge is 0.0414 e. The fourth-order valence-corrected chi connectivity index (χ4v) is 2.61. The molecule has 1 fully saturated rings. The molecular formula is C13H26. The van der Waals surface area contributed by atoms with Crippen LogP contribution in [0.1, 0.15) is 65.7 Å². The molecule has 0 aromatic carbocycles. The van der Waals surface area contributed by atoms with Crippen LogP contribution in [-0.4, -0.2) is 0 Å². The molecule has 1 aliphatic rings. The van der Waals surface area contributed by atoms with Crippen LogP contribution in [-0.2, 0) is 0 Å². The Kier molecular flexibility index (Phi) is 4.83. The van der Waals surface area contributed by atoms with E-state index < -0.39 is 0 Å².